The van der Waals surface area contributed by atoms with Gasteiger partial charge in [-0.25, -0.2) is 19.2 Å². The molecule has 0 saturated carbocycles. The molecule has 3 aromatic rings. The maximum Gasteiger partial charge on any atom is 0.410 e. The maximum absolute atomic E-state index is 14.3. The van der Waals surface area contributed by atoms with E-state index in [-0.39, 0.29) is 35.5 Å². The lowest BCUT2D eigenvalue weighted by atomic mass is 10.0. The van der Waals surface area contributed by atoms with Gasteiger partial charge in [0.1, 0.15) is 35.3 Å². The Hall–Kier alpha value is -4.45. The summed E-state index contributed by atoms with van der Waals surface area (Å²) < 4.78 is 32.7. The van der Waals surface area contributed by atoms with E-state index in [1.807, 2.05) is 41.5 Å². The van der Waals surface area contributed by atoms with E-state index in [1.54, 1.807) is 16.0 Å². The summed E-state index contributed by atoms with van der Waals surface area (Å²) in [5, 5.41) is 0. The number of ether oxygens (including phenoxy) is 3. The molecule has 50 heavy (non-hydrogen) atoms. The minimum Gasteiger partial charge on any atom is -0.490 e. The zero-order valence-corrected chi connectivity index (χ0v) is 30.0. The highest BCUT2D eigenvalue weighted by Gasteiger charge is 2.36. The summed E-state index contributed by atoms with van der Waals surface area (Å²) in [5.41, 5.74) is 2.21. The molecule has 0 spiro atoms. The number of likely N-dealkylation sites (tertiary alicyclic amines) is 1. The van der Waals surface area contributed by atoms with Crippen LogP contribution in [-0.2, 0) is 17.8 Å². The van der Waals surface area contributed by atoms with Gasteiger partial charge in [-0.05, 0) is 71.4 Å². The number of anilines is 1. The summed E-state index contributed by atoms with van der Waals surface area (Å²) in [6.45, 7) is 17.4. The van der Waals surface area contributed by atoms with Gasteiger partial charge >= 0.3 is 6.09 Å². The molecule has 2 fully saturated rings. The van der Waals surface area contributed by atoms with E-state index in [4.69, 9.17) is 14.2 Å². The lowest BCUT2D eigenvalue weighted by molar-refractivity contribution is -0.00664. The molecule has 0 atom stereocenters. The molecule has 3 aliphatic heterocycles. The van der Waals surface area contributed by atoms with Crippen LogP contribution in [0.4, 0.5) is 15.0 Å². The van der Waals surface area contributed by atoms with Crippen LogP contribution in [0.1, 0.15) is 75.9 Å². The van der Waals surface area contributed by atoms with Gasteiger partial charge in [0.15, 0.2) is 11.6 Å². The van der Waals surface area contributed by atoms with E-state index in [9.17, 15) is 14.0 Å². The summed E-state index contributed by atoms with van der Waals surface area (Å²) in [6, 6.07) is 10.3. The first-order valence-electron chi connectivity index (χ1n) is 17.7. The number of carbonyl (C=O) groups is 2. The Bertz CT molecular complexity index is 1680. The normalized spacial score (nSPS) is 17.0. The Kier molecular flexibility index (Phi) is 10.5. The molecule has 0 aliphatic carbocycles. The van der Waals surface area contributed by atoms with Crippen LogP contribution in [0.5, 0.6) is 17.2 Å². The third kappa shape index (κ3) is 8.12. The van der Waals surface area contributed by atoms with Crippen molar-refractivity contribution in [2.24, 2.45) is 5.92 Å². The van der Waals surface area contributed by atoms with Gasteiger partial charge in [0, 0.05) is 82.7 Å². The average molecular weight is 689 g/mol. The molecule has 11 nitrogen and oxygen atoms in total. The average Bonchev–Trinajstić information content (AvgIpc) is 3.47. The first kappa shape index (κ1) is 35.4. The van der Waals surface area contributed by atoms with Crippen molar-refractivity contribution in [3.8, 4) is 17.2 Å². The second-order valence-electron chi connectivity index (χ2n) is 14.8. The zero-order chi connectivity index (χ0) is 35.6. The fourth-order valence-corrected chi connectivity index (χ4v) is 6.98. The van der Waals surface area contributed by atoms with Crippen molar-refractivity contribution >= 4 is 17.8 Å². The van der Waals surface area contributed by atoms with Crippen LogP contribution in [0.3, 0.4) is 0 Å². The molecule has 2 aromatic carbocycles. The Morgan fingerprint density at radius 2 is 1.80 bits per heavy atom. The van der Waals surface area contributed by atoms with Gasteiger partial charge in [-0.15, -0.1) is 0 Å². The number of rotatable bonds is 10. The molecule has 2 amide bonds. The molecule has 3 aliphatic rings. The third-order valence-corrected chi connectivity index (χ3v) is 9.44. The summed E-state index contributed by atoms with van der Waals surface area (Å²) in [5.74, 6) is 1.86. The van der Waals surface area contributed by atoms with E-state index in [0.29, 0.717) is 37.1 Å². The largest absolute Gasteiger partial charge is 0.490 e. The van der Waals surface area contributed by atoms with Crippen molar-refractivity contribution in [3.05, 3.63) is 71.4 Å². The number of hydrogen-bond donors (Lipinski definition) is 0. The number of fused-ring (bicyclic) bond motifs is 1. The van der Waals surface area contributed by atoms with Crippen molar-refractivity contribution in [1.29, 1.82) is 0 Å². The summed E-state index contributed by atoms with van der Waals surface area (Å²) in [6.07, 6.45) is 4.46. The number of piperidine rings is 1. The molecule has 0 unspecified atom stereocenters. The van der Waals surface area contributed by atoms with Gasteiger partial charge in [0.2, 0.25) is 0 Å². The molecule has 2 saturated heterocycles. The minimum absolute atomic E-state index is 0.0457. The number of aromatic nitrogens is 2. The summed E-state index contributed by atoms with van der Waals surface area (Å²) in [7, 11) is 0. The molecular formula is C38H49FN6O5. The third-order valence-electron chi connectivity index (χ3n) is 9.44. The van der Waals surface area contributed by atoms with Gasteiger partial charge in [-0.3, -0.25) is 9.69 Å². The highest BCUT2D eigenvalue weighted by Crippen LogP contribution is 2.36. The number of halogens is 1. The first-order chi connectivity index (χ1) is 23.9. The summed E-state index contributed by atoms with van der Waals surface area (Å²) >= 11 is 0. The Labute approximate surface area is 294 Å². The second-order valence-corrected chi connectivity index (χ2v) is 14.8. The molecule has 0 radical (unpaired) electrons. The molecule has 4 heterocycles. The zero-order valence-electron chi connectivity index (χ0n) is 30.0. The van der Waals surface area contributed by atoms with E-state index in [1.165, 1.54) is 35.7 Å². The van der Waals surface area contributed by atoms with E-state index >= 15 is 0 Å². The fourth-order valence-electron chi connectivity index (χ4n) is 6.98. The first-order valence-corrected chi connectivity index (χ1v) is 17.7. The van der Waals surface area contributed by atoms with Crippen LogP contribution in [0.25, 0.3) is 0 Å². The maximum atomic E-state index is 14.3. The number of carbonyl (C=O) groups excluding carboxylic acids is 2. The standard InChI is InChI=1S/C38H49FN6O5/c1-7-45(25(2)3)36(46)30-17-28(39)11-12-33(30)49-34-18-40-24-41-35(34)43-15-13-29(14-16-43)48-32-10-8-9-27-22-42(23-31(27)32)19-26-20-44(21-26)37(47)50-38(4,5)6/h8-12,17-18,24-26,29H,7,13-16,19-23H2,1-6H3. The number of amides is 2. The van der Waals surface area contributed by atoms with Crippen LogP contribution < -0.4 is 14.4 Å². The van der Waals surface area contributed by atoms with Crippen molar-refractivity contribution < 1.29 is 28.2 Å². The molecule has 0 N–H and O–H groups in total. The van der Waals surface area contributed by atoms with Crippen LogP contribution in [-0.4, -0.2) is 93.7 Å². The van der Waals surface area contributed by atoms with Crippen LogP contribution in [0, 0.1) is 11.7 Å². The van der Waals surface area contributed by atoms with Gasteiger partial charge in [-0.1, -0.05) is 12.1 Å². The molecule has 6 rings (SSSR count). The van der Waals surface area contributed by atoms with Gasteiger partial charge < -0.3 is 28.9 Å². The van der Waals surface area contributed by atoms with E-state index < -0.39 is 11.4 Å². The SMILES string of the molecule is CCN(C(=O)c1cc(F)ccc1Oc1cncnc1N1CCC(Oc2cccc3c2CN(CC2CN(C(=O)OC(C)(C)C)C2)C3)CC1)C(C)C. The highest BCUT2D eigenvalue weighted by molar-refractivity contribution is 5.97. The van der Waals surface area contributed by atoms with E-state index in [0.717, 1.165) is 51.3 Å². The topological polar surface area (TPSA) is 101 Å². The number of benzene rings is 2. The second kappa shape index (κ2) is 14.8. The molecular weight excluding hydrogens is 639 g/mol. The predicted molar refractivity (Wildman–Crippen MR) is 188 cm³/mol. The van der Waals surface area contributed by atoms with E-state index in [2.05, 4.69) is 38.0 Å². The van der Waals surface area contributed by atoms with Gasteiger partial charge in [0.05, 0.1) is 11.8 Å². The van der Waals surface area contributed by atoms with Crippen LogP contribution in [0.15, 0.2) is 48.9 Å². The van der Waals surface area contributed by atoms with Crippen molar-refractivity contribution in [1.82, 2.24) is 24.7 Å². The smallest absolute Gasteiger partial charge is 0.410 e. The van der Waals surface area contributed by atoms with Gasteiger partial charge in [-0.2, -0.15) is 0 Å². The van der Waals surface area contributed by atoms with Gasteiger partial charge in [0.25, 0.3) is 5.91 Å². The number of hydrogen-bond acceptors (Lipinski definition) is 9. The Morgan fingerprint density at radius 1 is 1.04 bits per heavy atom. The Morgan fingerprint density at radius 3 is 2.50 bits per heavy atom. The monoisotopic (exact) mass is 688 g/mol. The Balaban J connectivity index is 1.05. The lowest BCUT2D eigenvalue weighted by Crippen LogP contribution is -2.54. The number of nitrogens with zero attached hydrogens (tertiary/aromatic N) is 6. The molecule has 12 heteroatoms. The fraction of sp³-hybridized carbons (Fsp3) is 0.526. The predicted octanol–water partition coefficient (Wildman–Crippen LogP) is 6.51. The molecule has 1 aromatic heterocycles. The molecule has 0 bridgehead atoms. The summed E-state index contributed by atoms with van der Waals surface area (Å²) in [4.78, 5) is 42.5. The highest BCUT2D eigenvalue weighted by atomic mass is 19.1. The quantitative estimate of drug-likeness (QED) is 0.236. The van der Waals surface area contributed by atoms with Crippen molar-refractivity contribution in [2.45, 2.75) is 85.2 Å². The van der Waals surface area contributed by atoms with Crippen molar-refractivity contribution in [2.75, 3.05) is 44.2 Å². The lowest BCUT2D eigenvalue weighted by Gasteiger charge is -2.41. The minimum atomic E-state index is -0.506. The van der Waals surface area contributed by atoms with Crippen LogP contribution in [0.2, 0.25) is 0 Å². The van der Waals surface area contributed by atoms with Crippen LogP contribution >= 0.6 is 0 Å². The molecule has 268 valence electrons. The van der Waals surface area contributed by atoms with Crippen molar-refractivity contribution in [3.63, 3.8) is 0 Å².